The van der Waals surface area contributed by atoms with Gasteiger partial charge in [-0.25, -0.2) is 14.2 Å². The number of benzene rings is 1. The van der Waals surface area contributed by atoms with Crippen LogP contribution in [0.4, 0.5) is 10.1 Å². The topological polar surface area (TPSA) is 121 Å². The number of anilines is 1. The first-order valence-corrected chi connectivity index (χ1v) is 6.03. The summed E-state index contributed by atoms with van der Waals surface area (Å²) in [7, 11) is 0. The maximum atomic E-state index is 13.6. The first-order chi connectivity index (χ1) is 9.97. The molecule has 0 aliphatic heterocycles. The highest BCUT2D eigenvalue weighted by molar-refractivity contribution is 5.97. The van der Waals surface area contributed by atoms with Crippen LogP contribution in [0.2, 0.25) is 0 Å². The smallest absolute Gasteiger partial charge is 0.326 e. The first kappa shape index (κ1) is 14.5. The van der Waals surface area contributed by atoms with Gasteiger partial charge in [0.05, 0.1) is 11.9 Å². The van der Waals surface area contributed by atoms with Crippen LogP contribution in [0, 0.1) is 5.82 Å². The Labute approximate surface area is 119 Å². The predicted molar refractivity (Wildman–Crippen MR) is 72.0 cm³/mol. The molecule has 1 heterocycles. The van der Waals surface area contributed by atoms with Gasteiger partial charge in [-0.3, -0.25) is 4.79 Å². The van der Waals surface area contributed by atoms with Crippen molar-refractivity contribution in [2.45, 2.75) is 12.5 Å². The van der Waals surface area contributed by atoms with E-state index in [1.54, 1.807) is 0 Å². The number of nitrogen functional groups attached to an aromatic ring is 1. The number of rotatable bonds is 5. The lowest BCUT2D eigenvalue weighted by molar-refractivity contribution is -0.139. The number of carbonyl (C=O) groups is 2. The van der Waals surface area contributed by atoms with E-state index in [9.17, 15) is 14.0 Å². The lowest BCUT2D eigenvalue weighted by atomic mass is 10.1. The monoisotopic (exact) mass is 292 g/mol. The van der Waals surface area contributed by atoms with Crippen LogP contribution in [-0.2, 0) is 11.2 Å². The van der Waals surface area contributed by atoms with E-state index in [2.05, 4.69) is 15.3 Å². The molecule has 0 saturated heterocycles. The number of hydrogen-bond acceptors (Lipinski definition) is 4. The molecule has 0 bridgehead atoms. The first-order valence-electron chi connectivity index (χ1n) is 6.03. The second-order valence-electron chi connectivity index (χ2n) is 4.38. The molecule has 0 spiro atoms. The van der Waals surface area contributed by atoms with Crippen LogP contribution >= 0.6 is 0 Å². The van der Waals surface area contributed by atoms with E-state index < -0.39 is 23.7 Å². The highest BCUT2D eigenvalue weighted by Gasteiger charge is 2.23. The average Bonchev–Trinajstić information content (AvgIpc) is 2.90. The third-order valence-corrected chi connectivity index (χ3v) is 2.82. The van der Waals surface area contributed by atoms with E-state index >= 15 is 0 Å². The number of carbonyl (C=O) groups excluding carboxylic acids is 1. The number of carboxylic acids is 1. The zero-order valence-corrected chi connectivity index (χ0v) is 10.8. The van der Waals surface area contributed by atoms with E-state index in [1.165, 1.54) is 24.7 Å². The molecule has 2 rings (SSSR count). The SMILES string of the molecule is Nc1ccc(C(=O)NC(Cc2cnc[nH]2)C(=O)O)c(F)c1. The molecule has 2 aromatic rings. The molecule has 1 aromatic heterocycles. The summed E-state index contributed by atoms with van der Waals surface area (Å²) < 4.78 is 13.6. The molecule has 8 heteroatoms. The van der Waals surface area contributed by atoms with Gasteiger partial charge >= 0.3 is 5.97 Å². The van der Waals surface area contributed by atoms with Crippen LogP contribution in [0.3, 0.4) is 0 Å². The number of H-pyrrole nitrogens is 1. The number of carboxylic acid groups (broad SMARTS) is 1. The van der Waals surface area contributed by atoms with Gasteiger partial charge in [0.25, 0.3) is 5.91 Å². The maximum Gasteiger partial charge on any atom is 0.326 e. The van der Waals surface area contributed by atoms with Gasteiger partial charge in [0, 0.05) is 24.0 Å². The van der Waals surface area contributed by atoms with Crippen molar-refractivity contribution in [2.24, 2.45) is 0 Å². The molecule has 0 saturated carbocycles. The third-order valence-electron chi connectivity index (χ3n) is 2.82. The number of nitrogens with two attached hydrogens (primary N) is 1. The molecule has 110 valence electrons. The minimum absolute atomic E-state index is 0.0116. The Hall–Kier alpha value is -2.90. The molecule has 7 nitrogen and oxygen atoms in total. The van der Waals surface area contributed by atoms with Crippen molar-refractivity contribution in [3.63, 3.8) is 0 Å². The second kappa shape index (κ2) is 6.04. The number of nitrogens with one attached hydrogen (secondary N) is 2. The Morgan fingerprint density at radius 1 is 1.48 bits per heavy atom. The van der Waals surface area contributed by atoms with Gasteiger partial charge in [0.2, 0.25) is 0 Å². The molecule has 0 aliphatic carbocycles. The van der Waals surface area contributed by atoms with Crippen LogP contribution in [0.15, 0.2) is 30.7 Å². The van der Waals surface area contributed by atoms with Gasteiger partial charge in [-0.2, -0.15) is 0 Å². The number of hydrogen-bond donors (Lipinski definition) is 4. The summed E-state index contributed by atoms with van der Waals surface area (Å²) in [5.74, 6) is -2.86. The van der Waals surface area contributed by atoms with Gasteiger partial charge in [-0.15, -0.1) is 0 Å². The molecule has 5 N–H and O–H groups in total. The van der Waals surface area contributed by atoms with Crippen molar-refractivity contribution < 1.29 is 19.1 Å². The fourth-order valence-corrected chi connectivity index (χ4v) is 1.77. The summed E-state index contributed by atoms with van der Waals surface area (Å²) in [6.45, 7) is 0. The third kappa shape index (κ3) is 3.56. The standard InChI is InChI=1S/C13H13FN4O3/c14-10-3-7(15)1-2-9(10)12(19)18-11(13(20)21)4-8-5-16-6-17-8/h1-3,5-6,11H,4,15H2,(H,16,17)(H,18,19)(H,20,21). The van der Waals surface area contributed by atoms with Crippen molar-refractivity contribution in [3.8, 4) is 0 Å². The number of aromatic amines is 1. The largest absolute Gasteiger partial charge is 0.480 e. The molecule has 1 unspecified atom stereocenters. The van der Waals surface area contributed by atoms with Crippen molar-refractivity contribution in [3.05, 3.63) is 47.8 Å². The Morgan fingerprint density at radius 3 is 2.81 bits per heavy atom. The van der Waals surface area contributed by atoms with Crippen LogP contribution in [0.5, 0.6) is 0 Å². The van der Waals surface area contributed by atoms with E-state index in [4.69, 9.17) is 10.8 Å². The lowest BCUT2D eigenvalue weighted by Crippen LogP contribution is -2.42. The lowest BCUT2D eigenvalue weighted by Gasteiger charge is -2.14. The number of imidazole rings is 1. The van der Waals surface area contributed by atoms with E-state index in [0.29, 0.717) is 5.69 Å². The molecule has 0 fully saturated rings. The molecular weight excluding hydrogens is 279 g/mol. The van der Waals surface area contributed by atoms with Crippen LogP contribution in [-0.4, -0.2) is 33.0 Å². The summed E-state index contributed by atoms with van der Waals surface area (Å²) in [5.41, 5.74) is 5.85. The number of nitrogens with zero attached hydrogens (tertiary/aromatic N) is 1. The summed E-state index contributed by atoms with van der Waals surface area (Å²) in [6, 6.07) is 2.37. The van der Waals surface area contributed by atoms with Gasteiger partial charge in [-0.05, 0) is 18.2 Å². The van der Waals surface area contributed by atoms with Crippen molar-refractivity contribution >= 4 is 17.6 Å². The molecule has 1 aromatic carbocycles. The maximum absolute atomic E-state index is 13.6. The minimum Gasteiger partial charge on any atom is -0.480 e. The normalized spacial score (nSPS) is 11.9. The Balaban J connectivity index is 2.12. The molecule has 0 radical (unpaired) electrons. The van der Waals surface area contributed by atoms with Gasteiger partial charge in [0.1, 0.15) is 11.9 Å². The minimum atomic E-state index is -1.23. The summed E-state index contributed by atoms with van der Waals surface area (Å²) in [5, 5.41) is 11.4. The van der Waals surface area contributed by atoms with Crippen molar-refractivity contribution in [2.75, 3.05) is 5.73 Å². The van der Waals surface area contributed by atoms with E-state index in [1.807, 2.05) is 0 Å². The van der Waals surface area contributed by atoms with Crippen molar-refractivity contribution in [1.29, 1.82) is 0 Å². The molecule has 1 atom stereocenters. The number of halogens is 1. The van der Waals surface area contributed by atoms with Gasteiger partial charge < -0.3 is 21.1 Å². The quantitative estimate of drug-likeness (QED) is 0.600. The summed E-state index contributed by atoms with van der Waals surface area (Å²) >= 11 is 0. The number of amides is 1. The molecular formula is C13H13FN4O3. The summed E-state index contributed by atoms with van der Waals surface area (Å²) in [6.07, 6.45) is 2.86. The fraction of sp³-hybridized carbons (Fsp3) is 0.154. The van der Waals surface area contributed by atoms with Gasteiger partial charge in [-0.1, -0.05) is 0 Å². The summed E-state index contributed by atoms with van der Waals surface area (Å²) in [4.78, 5) is 29.6. The average molecular weight is 292 g/mol. The molecule has 1 amide bonds. The van der Waals surface area contributed by atoms with Crippen LogP contribution in [0.1, 0.15) is 16.1 Å². The van der Waals surface area contributed by atoms with Crippen LogP contribution < -0.4 is 11.1 Å². The number of aliphatic carboxylic acids is 1. The highest BCUT2D eigenvalue weighted by Crippen LogP contribution is 2.12. The number of aromatic nitrogens is 2. The second-order valence-corrected chi connectivity index (χ2v) is 4.38. The Bertz CT molecular complexity index is 657. The fourth-order valence-electron chi connectivity index (χ4n) is 1.77. The van der Waals surface area contributed by atoms with E-state index in [0.717, 1.165) is 6.07 Å². The van der Waals surface area contributed by atoms with Crippen molar-refractivity contribution in [1.82, 2.24) is 15.3 Å². The Morgan fingerprint density at radius 2 is 2.24 bits per heavy atom. The van der Waals surface area contributed by atoms with Gasteiger partial charge in [0.15, 0.2) is 0 Å². The van der Waals surface area contributed by atoms with E-state index in [-0.39, 0.29) is 17.7 Å². The Kier molecular flexibility index (Phi) is 4.17. The molecule has 0 aliphatic rings. The zero-order chi connectivity index (χ0) is 15.4. The van der Waals surface area contributed by atoms with Crippen LogP contribution in [0.25, 0.3) is 0 Å². The predicted octanol–water partition coefficient (Wildman–Crippen LogP) is 0.557. The zero-order valence-electron chi connectivity index (χ0n) is 10.8. The highest BCUT2D eigenvalue weighted by atomic mass is 19.1. The molecule has 21 heavy (non-hydrogen) atoms.